The zero-order valence-electron chi connectivity index (χ0n) is 14.7. The van der Waals surface area contributed by atoms with E-state index in [2.05, 4.69) is 9.73 Å². The maximum Gasteiger partial charge on any atom is 0.387 e. The Labute approximate surface area is 150 Å². The van der Waals surface area contributed by atoms with Crippen molar-refractivity contribution in [1.29, 1.82) is 0 Å². The molecule has 0 bridgehead atoms. The van der Waals surface area contributed by atoms with Crippen LogP contribution in [0, 0.1) is 13.8 Å². The zero-order chi connectivity index (χ0) is 19.1. The van der Waals surface area contributed by atoms with Crippen LogP contribution in [0.5, 0.6) is 5.75 Å². The van der Waals surface area contributed by atoms with Gasteiger partial charge in [-0.3, -0.25) is 9.69 Å². The number of hydrogen-bond donors (Lipinski definition) is 1. The van der Waals surface area contributed by atoms with Crippen LogP contribution in [0.3, 0.4) is 0 Å². The Morgan fingerprint density at radius 3 is 2.38 bits per heavy atom. The second-order valence-electron chi connectivity index (χ2n) is 6.27. The van der Waals surface area contributed by atoms with Gasteiger partial charge in [0.2, 0.25) is 0 Å². The number of guanidine groups is 1. The summed E-state index contributed by atoms with van der Waals surface area (Å²) in [4.78, 5) is 18.9. The van der Waals surface area contributed by atoms with Crippen molar-refractivity contribution < 1.29 is 18.3 Å². The van der Waals surface area contributed by atoms with E-state index in [0.29, 0.717) is 16.7 Å². The Bertz CT molecular complexity index is 898. The second kappa shape index (κ2) is 6.40. The normalized spacial score (nSPS) is 19.8. The largest absolute Gasteiger partial charge is 0.435 e. The SMILES string of the molecule is Cc1cccc(C2(c3ccc(OC(F)F)c(C)c3)N=C(N)N(C)C2=O)c1. The number of halogens is 2. The lowest BCUT2D eigenvalue weighted by atomic mass is 9.81. The lowest BCUT2D eigenvalue weighted by Gasteiger charge is -2.27. The van der Waals surface area contributed by atoms with Crippen molar-refractivity contribution in [3.05, 3.63) is 64.7 Å². The van der Waals surface area contributed by atoms with E-state index in [1.807, 2.05) is 25.1 Å². The summed E-state index contributed by atoms with van der Waals surface area (Å²) in [5.74, 6) is -0.150. The van der Waals surface area contributed by atoms with Gasteiger partial charge >= 0.3 is 6.61 Å². The van der Waals surface area contributed by atoms with Gasteiger partial charge in [0.05, 0.1) is 0 Å². The van der Waals surface area contributed by atoms with Crippen molar-refractivity contribution in [2.45, 2.75) is 26.0 Å². The first kappa shape index (κ1) is 17.8. The quantitative estimate of drug-likeness (QED) is 0.913. The van der Waals surface area contributed by atoms with Gasteiger partial charge in [-0.25, -0.2) is 4.99 Å². The molecule has 2 aromatic carbocycles. The minimum atomic E-state index is -2.92. The van der Waals surface area contributed by atoms with Crippen molar-refractivity contribution in [2.75, 3.05) is 7.05 Å². The number of likely N-dealkylation sites (N-methyl/N-ethyl adjacent to an activating group) is 1. The predicted molar refractivity (Wildman–Crippen MR) is 94.2 cm³/mol. The summed E-state index contributed by atoms with van der Waals surface area (Å²) in [5, 5.41) is 0. The molecule has 1 atom stereocenters. The van der Waals surface area contributed by atoms with Gasteiger partial charge in [-0.1, -0.05) is 35.9 Å². The van der Waals surface area contributed by atoms with Crippen LogP contribution in [-0.4, -0.2) is 30.4 Å². The molecular weight excluding hydrogens is 340 g/mol. The number of ether oxygens (including phenoxy) is 1. The predicted octanol–water partition coefficient (Wildman–Crippen LogP) is 2.94. The monoisotopic (exact) mass is 359 g/mol. The van der Waals surface area contributed by atoms with Gasteiger partial charge in [-0.05, 0) is 42.7 Å². The fraction of sp³-hybridized carbons (Fsp3) is 0.263. The van der Waals surface area contributed by atoms with Crippen molar-refractivity contribution in [2.24, 2.45) is 10.7 Å². The summed E-state index contributed by atoms with van der Waals surface area (Å²) in [5.41, 5.74) is 7.22. The van der Waals surface area contributed by atoms with Crippen molar-refractivity contribution in [1.82, 2.24) is 4.90 Å². The molecule has 1 unspecified atom stereocenters. The summed E-state index contributed by atoms with van der Waals surface area (Å²) in [6.45, 7) is 0.637. The van der Waals surface area contributed by atoms with E-state index in [0.717, 1.165) is 5.56 Å². The highest BCUT2D eigenvalue weighted by molar-refractivity contribution is 6.08. The molecule has 136 valence electrons. The third-order valence-electron chi connectivity index (χ3n) is 4.48. The molecular formula is C19H19F2N3O2. The number of aliphatic imine (C=N–C) groups is 1. The average Bonchev–Trinajstić information content (AvgIpc) is 2.81. The van der Waals surface area contributed by atoms with Crippen molar-refractivity contribution >= 4 is 11.9 Å². The summed E-state index contributed by atoms with van der Waals surface area (Å²) in [7, 11) is 1.56. The van der Waals surface area contributed by atoms with Crippen LogP contribution in [-0.2, 0) is 10.3 Å². The fourth-order valence-corrected chi connectivity index (χ4v) is 3.16. The van der Waals surface area contributed by atoms with Gasteiger partial charge in [0.15, 0.2) is 11.5 Å². The maximum atomic E-state index is 13.1. The molecule has 5 nitrogen and oxygen atoms in total. The highest BCUT2D eigenvalue weighted by Gasteiger charge is 2.49. The molecule has 3 rings (SSSR count). The number of aryl methyl sites for hydroxylation is 2. The topological polar surface area (TPSA) is 67.9 Å². The maximum absolute atomic E-state index is 13.1. The lowest BCUT2D eigenvalue weighted by molar-refractivity contribution is -0.129. The first-order valence-corrected chi connectivity index (χ1v) is 8.02. The molecule has 0 radical (unpaired) electrons. The van der Waals surface area contributed by atoms with Crippen LogP contribution in [0.2, 0.25) is 0 Å². The molecule has 1 heterocycles. The van der Waals surface area contributed by atoms with E-state index in [1.54, 1.807) is 32.2 Å². The van der Waals surface area contributed by atoms with Crippen molar-refractivity contribution in [3.63, 3.8) is 0 Å². The fourth-order valence-electron chi connectivity index (χ4n) is 3.16. The minimum Gasteiger partial charge on any atom is -0.435 e. The molecule has 0 fully saturated rings. The van der Waals surface area contributed by atoms with E-state index in [-0.39, 0.29) is 17.6 Å². The number of alkyl halides is 2. The second-order valence-corrected chi connectivity index (χ2v) is 6.27. The lowest BCUT2D eigenvalue weighted by Crippen LogP contribution is -2.41. The van der Waals surface area contributed by atoms with Gasteiger partial charge < -0.3 is 10.5 Å². The average molecular weight is 359 g/mol. The molecule has 2 N–H and O–H groups in total. The number of carbonyl (C=O) groups is 1. The van der Waals surface area contributed by atoms with Gasteiger partial charge in [0.25, 0.3) is 5.91 Å². The summed E-state index contributed by atoms with van der Waals surface area (Å²) >= 11 is 0. The van der Waals surface area contributed by atoms with Gasteiger partial charge in [0, 0.05) is 7.05 Å². The van der Waals surface area contributed by atoms with Gasteiger partial charge in [0.1, 0.15) is 5.75 Å². The molecule has 1 amide bonds. The number of amides is 1. The third kappa shape index (κ3) is 2.79. The Kier molecular flexibility index (Phi) is 4.39. The number of benzene rings is 2. The minimum absolute atomic E-state index is 0.0545. The first-order valence-electron chi connectivity index (χ1n) is 8.02. The molecule has 26 heavy (non-hydrogen) atoms. The van der Waals surface area contributed by atoms with Crippen LogP contribution in [0.25, 0.3) is 0 Å². The highest BCUT2D eigenvalue weighted by Crippen LogP contribution is 2.40. The first-order chi connectivity index (χ1) is 12.3. The van der Waals surface area contributed by atoms with Crippen LogP contribution in [0.4, 0.5) is 8.78 Å². The molecule has 0 saturated carbocycles. The van der Waals surface area contributed by atoms with E-state index in [1.165, 1.54) is 11.0 Å². The molecule has 0 saturated heterocycles. The number of rotatable bonds is 4. The molecule has 0 aliphatic carbocycles. The summed E-state index contributed by atoms with van der Waals surface area (Å²) in [6.07, 6.45) is 0. The van der Waals surface area contributed by atoms with Gasteiger partial charge in [-0.2, -0.15) is 8.78 Å². The number of nitrogens with zero attached hydrogens (tertiary/aromatic N) is 2. The summed E-state index contributed by atoms with van der Waals surface area (Å²) in [6, 6.07) is 12.1. The Hall–Kier alpha value is -2.96. The zero-order valence-corrected chi connectivity index (χ0v) is 14.7. The third-order valence-corrected chi connectivity index (χ3v) is 4.48. The number of nitrogens with two attached hydrogens (primary N) is 1. The summed E-state index contributed by atoms with van der Waals surface area (Å²) < 4.78 is 29.6. The smallest absolute Gasteiger partial charge is 0.387 e. The number of hydrogen-bond acceptors (Lipinski definition) is 4. The number of carbonyl (C=O) groups excluding carboxylic acids is 1. The Balaban J connectivity index is 2.21. The Morgan fingerprint density at radius 1 is 1.15 bits per heavy atom. The molecule has 1 aliphatic rings. The molecule has 1 aliphatic heterocycles. The van der Waals surface area contributed by atoms with Crippen LogP contribution >= 0.6 is 0 Å². The van der Waals surface area contributed by atoms with E-state index < -0.39 is 12.2 Å². The van der Waals surface area contributed by atoms with E-state index >= 15 is 0 Å². The van der Waals surface area contributed by atoms with Gasteiger partial charge in [-0.15, -0.1) is 0 Å². The highest BCUT2D eigenvalue weighted by atomic mass is 19.3. The molecule has 2 aromatic rings. The molecule has 0 spiro atoms. The van der Waals surface area contributed by atoms with Crippen molar-refractivity contribution in [3.8, 4) is 5.75 Å². The molecule has 0 aromatic heterocycles. The van der Waals surface area contributed by atoms with Crippen LogP contribution < -0.4 is 10.5 Å². The molecule has 7 heteroatoms. The van der Waals surface area contributed by atoms with Crippen LogP contribution in [0.1, 0.15) is 22.3 Å². The van der Waals surface area contributed by atoms with E-state index in [9.17, 15) is 13.6 Å². The van der Waals surface area contributed by atoms with Crippen LogP contribution in [0.15, 0.2) is 47.5 Å². The van der Waals surface area contributed by atoms with E-state index in [4.69, 9.17) is 5.73 Å². The Morgan fingerprint density at radius 2 is 1.85 bits per heavy atom. The standard InChI is InChI=1S/C19H19F2N3O2/c1-11-5-4-6-13(9-11)19(16(25)24(3)18(22)23-19)14-7-8-15(12(2)10-14)26-17(20)21/h4-10,17H,1-3H3,(H2,22,23).